The number of alkyl halides is 1. The Morgan fingerprint density at radius 2 is 2.31 bits per heavy atom. The SMILES string of the molecule is O=C1Oc2c(Cl)cccc2CC1F. The molecule has 0 amide bonds. The monoisotopic (exact) mass is 200 g/mol. The maximum Gasteiger partial charge on any atom is 0.346 e. The van der Waals surface area contributed by atoms with Crippen LogP contribution in [0.2, 0.25) is 5.02 Å². The van der Waals surface area contributed by atoms with E-state index in [0.29, 0.717) is 16.3 Å². The summed E-state index contributed by atoms with van der Waals surface area (Å²) in [6, 6.07) is 5.00. The van der Waals surface area contributed by atoms with E-state index in [1.54, 1.807) is 18.2 Å². The highest BCUT2D eigenvalue weighted by Crippen LogP contribution is 2.33. The first-order valence-corrected chi connectivity index (χ1v) is 4.19. The van der Waals surface area contributed by atoms with Crippen molar-refractivity contribution in [3.8, 4) is 5.75 Å². The fourth-order valence-electron chi connectivity index (χ4n) is 1.27. The van der Waals surface area contributed by atoms with E-state index >= 15 is 0 Å². The topological polar surface area (TPSA) is 26.3 Å². The first-order valence-electron chi connectivity index (χ1n) is 3.81. The Hall–Kier alpha value is -1.09. The van der Waals surface area contributed by atoms with Gasteiger partial charge in [0.15, 0.2) is 5.75 Å². The lowest BCUT2D eigenvalue weighted by molar-refractivity contribution is -0.141. The molecule has 2 rings (SSSR count). The van der Waals surface area contributed by atoms with Crippen molar-refractivity contribution in [2.24, 2.45) is 0 Å². The normalized spacial score (nSPS) is 20.8. The Morgan fingerprint density at radius 1 is 1.54 bits per heavy atom. The summed E-state index contributed by atoms with van der Waals surface area (Å²) in [5.74, 6) is -0.566. The second-order valence-corrected chi connectivity index (χ2v) is 3.23. The first kappa shape index (κ1) is 8.51. The average molecular weight is 201 g/mol. The van der Waals surface area contributed by atoms with Crippen molar-refractivity contribution in [3.05, 3.63) is 28.8 Å². The highest BCUT2D eigenvalue weighted by molar-refractivity contribution is 6.32. The van der Waals surface area contributed by atoms with E-state index in [-0.39, 0.29) is 6.42 Å². The number of fused-ring (bicyclic) bond motifs is 1. The summed E-state index contributed by atoms with van der Waals surface area (Å²) in [7, 11) is 0. The molecule has 4 heteroatoms. The van der Waals surface area contributed by atoms with Gasteiger partial charge < -0.3 is 4.74 Å². The predicted octanol–water partition coefficient (Wildman–Crippen LogP) is 2.14. The number of halogens is 2. The van der Waals surface area contributed by atoms with Gasteiger partial charge in [0.1, 0.15) is 0 Å². The molecule has 0 spiro atoms. The summed E-state index contributed by atoms with van der Waals surface area (Å²) in [6.07, 6.45) is -1.51. The molecule has 0 bridgehead atoms. The fraction of sp³-hybridized carbons (Fsp3) is 0.222. The predicted molar refractivity (Wildman–Crippen MR) is 45.7 cm³/mol. The zero-order chi connectivity index (χ0) is 9.42. The molecule has 0 radical (unpaired) electrons. The van der Waals surface area contributed by atoms with Gasteiger partial charge in [0.2, 0.25) is 6.17 Å². The molecular weight excluding hydrogens is 195 g/mol. The van der Waals surface area contributed by atoms with Crippen molar-refractivity contribution >= 4 is 17.6 Å². The van der Waals surface area contributed by atoms with Crippen LogP contribution in [0.1, 0.15) is 5.56 Å². The number of hydrogen-bond acceptors (Lipinski definition) is 2. The molecule has 0 aliphatic carbocycles. The van der Waals surface area contributed by atoms with Crippen LogP contribution in [0.15, 0.2) is 18.2 Å². The lowest BCUT2D eigenvalue weighted by Crippen LogP contribution is -2.28. The molecule has 1 aliphatic rings. The van der Waals surface area contributed by atoms with Crippen LogP contribution in [0.25, 0.3) is 0 Å². The van der Waals surface area contributed by atoms with Gasteiger partial charge in [-0.05, 0) is 11.6 Å². The molecular formula is C9H6ClFO2. The maximum atomic E-state index is 12.9. The van der Waals surface area contributed by atoms with Gasteiger partial charge in [-0.15, -0.1) is 0 Å². The van der Waals surface area contributed by atoms with Crippen LogP contribution < -0.4 is 4.74 Å². The van der Waals surface area contributed by atoms with E-state index < -0.39 is 12.1 Å². The number of para-hydroxylation sites is 1. The van der Waals surface area contributed by atoms with E-state index in [9.17, 15) is 9.18 Å². The molecule has 0 saturated carbocycles. The third-order valence-corrected chi connectivity index (χ3v) is 2.20. The number of carbonyl (C=O) groups is 1. The molecule has 68 valence electrons. The molecule has 1 aromatic carbocycles. The first-order chi connectivity index (χ1) is 6.18. The van der Waals surface area contributed by atoms with Gasteiger partial charge in [-0.25, -0.2) is 9.18 Å². The van der Waals surface area contributed by atoms with E-state index in [2.05, 4.69) is 0 Å². The van der Waals surface area contributed by atoms with Crippen LogP contribution >= 0.6 is 11.6 Å². The van der Waals surface area contributed by atoms with Gasteiger partial charge in [0, 0.05) is 6.42 Å². The number of carbonyl (C=O) groups excluding carboxylic acids is 1. The van der Waals surface area contributed by atoms with Gasteiger partial charge in [-0.1, -0.05) is 23.7 Å². The van der Waals surface area contributed by atoms with E-state index in [1.807, 2.05) is 0 Å². The molecule has 0 N–H and O–H groups in total. The summed E-state index contributed by atoms with van der Waals surface area (Å²) in [6.45, 7) is 0. The van der Waals surface area contributed by atoms with E-state index in [0.717, 1.165) is 0 Å². The minimum absolute atomic E-state index is 0.0503. The second-order valence-electron chi connectivity index (χ2n) is 2.82. The number of esters is 1. The molecule has 1 aromatic rings. The summed E-state index contributed by atoms with van der Waals surface area (Å²) in [4.78, 5) is 10.9. The third kappa shape index (κ3) is 1.40. The number of ether oxygens (including phenoxy) is 1. The molecule has 0 aromatic heterocycles. The number of hydrogen-bond donors (Lipinski definition) is 0. The molecule has 1 heterocycles. The average Bonchev–Trinajstić information content (AvgIpc) is 2.09. The molecule has 1 atom stereocenters. The summed E-state index contributed by atoms with van der Waals surface area (Å²) in [5.41, 5.74) is 0.639. The van der Waals surface area contributed by atoms with Crippen molar-refractivity contribution in [3.63, 3.8) is 0 Å². The molecule has 2 nitrogen and oxygen atoms in total. The number of rotatable bonds is 0. The Kier molecular flexibility index (Phi) is 1.96. The number of benzene rings is 1. The van der Waals surface area contributed by atoms with Crippen molar-refractivity contribution in [2.45, 2.75) is 12.6 Å². The van der Waals surface area contributed by atoms with Crippen molar-refractivity contribution in [2.75, 3.05) is 0 Å². The standard InChI is InChI=1S/C9H6ClFO2/c10-6-3-1-2-5-4-7(11)9(12)13-8(5)6/h1-3,7H,4H2. The van der Waals surface area contributed by atoms with Gasteiger partial charge in [-0.2, -0.15) is 0 Å². The largest absolute Gasteiger partial charge is 0.422 e. The summed E-state index contributed by atoms with van der Waals surface area (Å²) >= 11 is 5.76. The van der Waals surface area contributed by atoms with Crippen LogP contribution in [-0.4, -0.2) is 12.1 Å². The quantitative estimate of drug-likeness (QED) is 0.474. The summed E-state index contributed by atoms with van der Waals surface area (Å²) in [5, 5.41) is 0.345. The summed E-state index contributed by atoms with van der Waals surface area (Å²) < 4.78 is 17.6. The molecule has 0 fully saturated rings. The van der Waals surface area contributed by atoms with Crippen LogP contribution in [0.3, 0.4) is 0 Å². The zero-order valence-electron chi connectivity index (χ0n) is 6.59. The third-order valence-electron chi connectivity index (χ3n) is 1.91. The second kappa shape index (κ2) is 3.00. The molecule has 13 heavy (non-hydrogen) atoms. The van der Waals surface area contributed by atoms with Gasteiger partial charge in [0.05, 0.1) is 5.02 Å². The zero-order valence-corrected chi connectivity index (χ0v) is 7.34. The van der Waals surface area contributed by atoms with Crippen LogP contribution in [0.4, 0.5) is 4.39 Å². The Bertz CT molecular complexity index is 365. The highest BCUT2D eigenvalue weighted by Gasteiger charge is 2.29. The fourth-order valence-corrected chi connectivity index (χ4v) is 1.50. The lowest BCUT2D eigenvalue weighted by Gasteiger charge is -2.18. The van der Waals surface area contributed by atoms with Crippen molar-refractivity contribution in [1.82, 2.24) is 0 Å². The molecule has 1 unspecified atom stereocenters. The highest BCUT2D eigenvalue weighted by atomic mass is 35.5. The van der Waals surface area contributed by atoms with Crippen LogP contribution in [-0.2, 0) is 11.2 Å². The van der Waals surface area contributed by atoms with Gasteiger partial charge >= 0.3 is 5.97 Å². The lowest BCUT2D eigenvalue weighted by atomic mass is 10.1. The molecule has 1 aliphatic heterocycles. The Labute approximate surface area is 79.3 Å². The van der Waals surface area contributed by atoms with Crippen LogP contribution in [0.5, 0.6) is 5.75 Å². The minimum atomic E-state index is -1.56. The Morgan fingerprint density at radius 3 is 3.08 bits per heavy atom. The Balaban J connectivity index is 2.48. The van der Waals surface area contributed by atoms with Crippen molar-refractivity contribution in [1.29, 1.82) is 0 Å². The van der Waals surface area contributed by atoms with E-state index in [1.165, 1.54) is 0 Å². The van der Waals surface area contributed by atoms with Crippen LogP contribution in [0, 0.1) is 0 Å². The smallest absolute Gasteiger partial charge is 0.346 e. The van der Waals surface area contributed by atoms with E-state index in [4.69, 9.17) is 16.3 Å². The molecule has 0 saturated heterocycles. The van der Waals surface area contributed by atoms with Gasteiger partial charge in [0.25, 0.3) is 0 Å². The van der Waals surface area contributed by atoms with Gasteiger partial charge in [-0.3, -0.25) is 0 Å². The maximum absolute atomic E-state index is 12.9. The van der Waals surface area contributed by atoms with Crippen molar-refractivity contribution < 1.29 is 13.9 Å². The minimum Gasteiger partial charge on any atom is -0.422 e.